The molecule has 1 aromatic heterocycles. The first-order chi connectivity index (χ1) is 16.5. The van der Waals surface area contributed by atoms with Crippen LogP contribution >= 0.6 is 11.3 Å². The van der Waals surface area contributed by atoms with Gasteiger partial charge in [0.1, 0.15) is 6.04 Å². The molecule has 0 aliphatic carbocycles. The number of thiazole rings is 1. The van der Waals surface area contributed by atoms with E-state index in [4.69, 9.17) is 0 Å². The van der Waals surface area contributed by atoms with Gasteiger partial charge in [0, 0.05) is 18.7 Å². The molecule has 1 atom stereocenters. The van der Waals surface area contributed by atoms with Crippen molar-refractivity contribution in [1.82, 2.24) is 14.8 Å². The zero-order valence-corrected chi connectivity index (χ0v) is 19.6. The van der Waals surface area contributed by atoms with Crippen LogP contribution in [0, 0.1) is 0 Å². The van der Waals surface area contributed by atoms with Crippen LogP contribution in [0.5, 0.6) is 0 Å². The van der Waals surface area contributed by atoms with E-state index in [9.17, 15) is 19.2 Å². The van der Waals surface area contributed by atoms with E-state index in [0.29, 0.717) is 42.2 Å². The van der Waals surface area contributed by atoms with Gasteiger partial charge in [0.25, 0.3) is 17.7 Å². The molecular weight excluding hydrogens is 452 g/mol. The molecule has 1 fully saturated rings. The summed E-state index contributed by atoms with van der Waals surface area (Å²) in [5.74, 6) is -1.28. The number of likely N-dealkylation sites (tertiary alicyclic amines) is 1. The lowest BCUT2D eigenvalue weighted by molar-refractivity contribution is -0.119. The summed E-state index contributed by atoms with van der Waals surface area (Å²) in [6, 6.07) is 11.6. The molecule has 0 radical (unpaired) electrons. The molecule has 3 aromatic rings. The minimum absolute atomic E-state index is 0.252. The Morgan fingerprint density at radius 3 is 2.71 bits per heavy atom. The van der Waals surface area contributed by atoms with E-state index < -0.39 is 6.04 Å². The second-order valence-corrected chi connectivity index (χ2v) is 9.54. The summed E-state index contributed by atoms with van der Waals surface area (Å²) in [5.41, 5.74) is 1.69. The van der Waals surface area contributed by atoms with Gasteiger partial charge in [-0.05, 0) is 49.6 Å². The first-order valence-corrected chi connectivity index (χ1v) is 12.3. The standard InChI is InChI=1S/C25H24N4O4S/c1-2-3-12-29-23(32)16-11-10-15(14-17(16)24(29)33)22(31)28-13-6-8-19(28)21(30)27-25-26-18-7-4-5-9-20(18)34-25/h4-5,7,9-11,14,19H,2-3,6,8,12-13H2,1H3,(H,26,27,30)/t19-/m1/s1. The molecule has 4 amide bonds. The molecule has 1 N–H and O–H groups in total. The number of imide groups is 1. The lowest BCUT2D eigenvalue weighted by Crippen LogP contribution is -2.43. The lowest BCUT2D eigenvalue weighted by atomic mass is 10.0. The van der Waals surface area contributed by atoms with Crippen molar-refractivity contribution in [2.75, 3.05) is 18.4 Å². The average molecular weight is 477 g/mol. The van der Waals surface area contributed by atoms with Gasteiger partial charge in [-0.1, -0.05) is 36.8 Å². The van der Waals surface area contributed by atoms with Crippen LogP contribution < -0.4 is 5.32 Å². The number of fused-ring (bicyclic) bond motifs is 2. The number of anilines is 1. The highest BCUT2D eigenvalue weighted by atomic mass is 32.1. The van der Waals surface area contributed by atoms with Gasteiger partial charge in [-0.15, -0.1) is 0 Å². The summed E-state index contributed by atoms with van der Waals surface area (Å²) in [6.07, 6.45) is 2.86. The highest BCUT2D eigenvalue weighted by Gasteiger charge is 2.38. The fourth-order valence-corrected chi connectivity index (χ4v) is 5.37. The summed E-state index contributed by atoms with van der Waals surface area (Å²) in [4.78, 5) is 58.9. The van der Waals surface area contributed by atoms with Crippen molar-refractivity contribution in [3.05, 3.63) is 59.2 Å². The van der Waals surface area contributed by atoms with Crippen LogP contribution in [0.1, 0.15) is 63.7 Å². The Labute approximate surface area is 200 Å². The normalized spacial score (nSPS) is 17.5. The zero-order chi connectivity index (χ0) is 23.8. The third kappa shape index (κ3) is 3.86. The van der Waals surface area contributed by atoms with E-state index in [1.165, 1.54) is 22.3 Å². The van der Waals surface area contributed by atoms with Crippen LogP contribution in [0.25, 0.3) is 10.2 Å². The highest BCUT2D eigenvalue weighted by molar-refractivity contribution is 7.22. The van der Waals surface area contributed by atoms with Gasteiger partial charge in [0.15, 0.2) is 5.13 Å². The number of rotatable bonds is 6. The molecule has 1 saturated heterocycles. The lowest BCUT2D eigenvalue weighted by Gasteiger charge is -2.23. The monoisotopic (exact) mass is 476 g/mol. The predicted molar refractivity (Wildman–Crippen MR) is 129 cm³/mol. The maximum Gasteiger partial charge on any atom is 0.261 e. The number of amides is 4. The molecule has 0 unspecified atom stereocenters. The Bertz CT molecular complexity index is 1280. The van der Waals surface area contributed by atoms with Gasteiger partial charge in [0.05, 0.1) is 21.3 Å². The summed E-state index contributed by atoms with van der Waals surface area (Å²) in [7, 11) is 0. The Kier molecular flexibility index (Phi) is 5.87. The largest absolute Gasteiger partial charge is 0.327 e. The molecule has 2 aromatic carbocycles. The SMILES string of the molecule is CCCCN1C(=O)c2ccc(C(=O)N3CCC[C@@H]3C(=O)Nc3nc4ccccc4s3)cc2C1=O. The molecule has 2 aliphatic heterocycles. The third-order valence-electron chi connectivity index (χ3n) is 6.29. The topological polar surface area (TPSA) is 99.7 Å². The van der Waals surface area contributed by atoms with Gasteiger partial charge < -0.3 is 10.2 Å². The van der Waals surface area contributed by atoms with Gasteiger partial charge in [-0.25, -0.2) is 4.98 Å². The minimum Gasteiger partial charge on any atom is -0.327 e. The van der Waals surface area contributed by atoms with E-state index in [1.807, 2.05) is 31.2 Å². The third-order valence-corrected chi connectivity index (χ3v) is 7.25. The van der Waals surface area contributed by atoms with Crippen molar-refractivity contribution in [1.29, 1.82) is 0 Å². The number of hydrogen-bond acceptors (Lipinski definition) is 6. The number of carbonyl (C=O) groups excluding carboxylic acids is 4. The van der Waals surface area contributed by atoms with Crippen LogP contribution in [0.3, 0.4) is 0 Å². The average Bonchev–Trinajstić information content (AvgIpc) is 3.54. The number of carbonyl (C=O) groups is 4. The molecule has 9 heteroatoms. The van der Waals surface area contributed by atoms with E-state index >= 15 is 0 Å². The number of aromatic nitrogens is 1. The first-order valence-electron chi connectivity index (χ1n) is 11.5. The number of benzene rings is 2. The summed E-state index contributed by atoms with van der Waals surface area (Å²) < 4.78 is 0.975. The first kappa shape index (κ1) is 22.2. The van der Waals surface area contributed by atoms with E-state index in [-0.39, 0.29) is 29.2 Å². The van der Waals surface area contributed by atoms with Crippen molar-refractivity contribution in [2.24, 2.45) is 0 Å². The summed E-state index contributed by atoms with van der Waals surface area (Å²) in [5, 5.41) is 3.36. The van der Waals surface area contributed by atoms with Crippen LogP contribution in [0.4, 0.5) is 5.13 Å². The van der Waals surface area contributed by atoms with Crippen molar-refractivity contribution in [2.45, 2.75) is 38.6 Å². The fourth-order valence-electron chi connectivity index (χ4n) is 4.51. The molecule has 5 rings (SSSR count). The van der Waals surface area contributed by atoms with Gasteiger partial charge in [0.2, 0.25) is 5.91 Å². The number of para-hydroxylation sites is 1. The molecule has 0 saturated carbocycles. The molecule has 3 heterocycles. The van der Waals surface area contributed by atoms with Crippen LogP contribution in [0.15, 0.2) is 42.5 Å². The van der Waals surface area contributed by atoms with Crippen molar-refractivity contribution >= 4 is 50.3 Å². The number of nitrogens with zero attached hydrogens (tertiary/aromatic N) is 3. The maximum absolute atomic E-state index is 13.3. The number of unbranched alkanes of at least 4 members (excludes halogenated alkanes) is 1. The van der Waals surface area contributed by atoms with Crippen LogP contribution in [-0.4, -0.2) is 57.5 Å². The number of hydrogen-bond donors (Lipinski definition) is 1. The maximum atomic E-state index is 13.3. The number of nitrogens with one attached hydrogen (secondary N) is 1. The molecule has 174 valence electrons. The quantitative estimate of drug-likeness (QED) is 0.544. The van der Waals surface area contributed by atoms with E-state index in [2.05, 4.69) is 10.3 Å². The van der Waals surface area contributed by atoms with E-state index in [1.54, 1.807) is 17.0 Å². The fraction of sp³-hybridized carbons (Fsp3) is 0.320. The van der Waals surface area contributed by atoms with Crippen LogP contribution in [-0.2, 0) is 4.79 Å². The molecule has 34 heavy (non-hydrogen) atoms. The molecule has 0 spiro atoms. The zero-order valence-electron chi connectivity index (χ0n) is 18.7. The molecular formula is C25H24N4O4S. The van der Waals surface area contributed by atoms with E-state index in [0.717, 1.165) is 23.1 Å². The minimum atomic E-state index is -0.619. The van der Waals surface area contributed by atoms with Crippen molar-refractivity contribution < 1.29 is 19.2 Å². The highest BCUT2D eigenvalue weighted by Crippen LogP contribution is 2.29. The predicted octanol–water partition coefficient (Wildman–Crippen LogP) is 3.94. The van der Waals surface area contributed by atoms with Gasteiger partial charge in [-0.2, -0.15) is 0 Å². The van der Waals surface area contributed by atoms with Crippen LogP contribution in [0.2, 0.25) is 0 Å². The van der Waals surface area contributed by atoms with Gasteiger partial charge in [-0.3, -0.25) is 24.1 Å². The van der Waals surface area contributed by atoms with Crippen molar-refractivity contribution in [3.63, 3.8) is 0 Å². The Morgan fingerprint density at radius 1 is 1.12 bits per heavy atom. The molecule has 2 aliphatic rings. The second-order valence-electron chi connectivity index (χ2n) is 8.51. The summed E-state index contributed by atoms with van der Waals surface area (Å²) in [6.45, 7) is 2.81. The summed E-state index contributed by atoms with van der Waals surface area (Å²) >= 11 is 1.39. The second kappa shape index (κ2) is 8.98. The van der Waals surface area contributed by atoms with Gasteiger partial charge >= 0.3 is 0 Å². The van der Waals surface area contributed by atoms with Crippen molar-refractivity contribution in [3.8, 4) is 0 Å². The molecule has 8 nitrogen and oxygen atoms in total. The Hall–Kier alpha value is -3.59. The Balaban J connectivity index is 1.33. The Morgan fingerprint density at radius 2 is 1.91 bits per heavy atom. The smallest absolute Gasteiger partial charge is 0.261 e. The molecule has 0 bridgehead atoms.